The van der Waals surface area contributed by atoms with Gasteiger partial charge in [-0.25, -0.2) is 4.79 Å². The molecule has 0 radical (unpaired) electrons. The smallest absolute Gasteiger partial charge is 0.329 e. The van der Waals surface area contributed by atoms with Gasteiger partial charge in [0.15, 0.2) is 0 Å². The third kappa shape index (κ3) is 5.75. The first kappa shape index (κ1) is 22.1. The summed E-state index contributed by atoms with van der Waals surface area (Å²) in [7, 11) is 1.69. The second kappa shape index (κ2) is 9.97. The van der Waals surface area contributed by atoms with Crippen molar-refractivity contribution < 1.29 is 9.21 Å². The average Bonchev–Trinajstić information content (AvgIpc) is 3.24. The van der Waals surface area contributed by atoms with Crippen molar-refractivity contribution in [3.63, 3.8) is 0 Å². The number of aromatic nitrogens is 2. The van der Waals surface area contributed by atoms with Gasteiger partial charge in [0.25, 0.3) is 5.56 Å². The molecule has 0 saturated carbocycles. The van der Waals surface area contributed by atoms with Crippen molar-refractivity contribution in [3.8, 4) is 0 Å². The van der Waals surface area contributed by atoms with Gasteiger partial charge in [-0.1, -0.05) is 13.0 Å². The predicted octanol–water partition coefficient (Wildman–Crippen LogP) is 3.18. The molecule has 0 unspecified atom stereocenters. The van der Waals surface area contributed by atoms with E-state index in [-0.39, 0.29) is 18.9 Å². The van der Waals surface area contributed by atoms with E-state index in [1.807, 2.05) is 25.1 Å². The van der Waals surface area contributed by atoms with Crippen molar-refractivity contribution in [2.24, 2.45) is 0 Å². The van der Waals surface area contributed by atoms with E-state index in [4.69, 9.17) is 4.42 Å². The summed E-state index contributed by atoms with van der Waals surface area (Å²) in [5.74, 6) is 0.961. The van der Waals surface area contributed by atoms with Gasteiger partial charge in [-0.15, -0.1) is 0 Å². The molecule has 3 aromatic rings. The fourth-order valence-electron chi connectivity index (χ4n) is 3.39. The van der Waals surface area contributed by atoms with Gasteiger partial charge in [0.2, 0.25) is 5.91 Å². The lowest BCUT2D eigenvalue weighted by molar-refractivity contribution is -0.130. The molecule has 0 atom stereocenters. The van der Waals surface area contributed by atoms with Gasteiger partial charge >= 0.3 is 5.69 Å². The first-order chi connectivity index (χ1) is 14.9. The van der Waals surface area contributed by atoms with Crippen LogP contribution in [0.15, 0.2) is 56.7 Å². The summed E-state index contributed by atoms with van der Waals surface area (Å²) in [4.78, 5) is 41.4. The van der Waals surface area contributed by atoms with E-state index in [1.165, 1.54) is 17.2 Å². The number of amides is 1. The summed E-state index contributed by atoms with van der Waals surface area (Å²) < 4.78 is 6.35. The summed E-state index contributed by atoms with van der Waals surface area (Å²) in [6.45, 7) is 4.67. The standard InChI is InChI=1S/C23H28N4O4/c1-4-17-13-18(10-9-16(17)2)24-20-14-22(29)27(23(30)25-20)11-5-8-21(28)26(3)15-19-7-6-12-31-19/h6-7,9-10,12-14,24H,4-5,8,11,15H2,1-3H3,(H,25,30). The van der Waals surface area contributed by atoms with Gasteiger partial charge < -0.3 is 14.6 Å². The Labute approximate surface area is 180 Å². The lowest BCUT2D eigenvalue weighted by Crippen LogP contribution is -2.35. The zero-order valence-corrected chi connectivity index (χ0v) is 18.1. The van der Waals surface area contributed by atoms with Crippen LogP contribution < -0.4 is 16.6 Å². The minimum Gasteiger partial charge on any atom is -0.467 e. The monoisotopic (exact) mass is 424 g/mol. The van der Waals surface area contributed by atoms with Crippen molar-refractivity contribution in [1.82, 2.24) is 14.5 Å². The summed E-state index contributed by atoms with van der Waals surface area (Å²) in [6.07, 6.45) is 3.07. The summed E-state index contributed by atoms with van der Waals surface area (Å²) in [5, 5.41) is 3.09. The Morgan fingerprint density at radius 3 is 2.71 bits per heavy atom. The number of nitrogens with one attached hydrogen (secondary N) is 2. The second-order valence-electron chi connectivity index (χ2n) is 7.53. The number of hydrogen-bond donors (Lipinski definition) is 2. The zero-order valence-electron chi connectivity index (χ0n) is 18.1. The number of anilines is 2. The number of aryl methyl sites for hydroxylation is 2. The molecule has 2 aromatic heterocycles. The van der Waals surface area contributed by atoms with Gasteiger partial charge in [-0.2, -0.15) is 0 Å². The highest BCUT2D eigenvalue weighted by Crippen LogP contribution is 2.18. The molecule has 0 saturated heterocycles. The molecule has 0 bridgehead atoms. The Morgan fingerprint density at radius 1 is 1.23 bits per heavy atom. The van der Waals surface area contributed by atoms with Crippen LogP contribution in [0.3, 0.4) is 0 Å². The second-order valence-corrected chi connectivity index (χ2v) is 7.53. The lowest BCUT2D eigenvalue weighted by Gasteiger charge is -2.15. The van der Waals surface area contributed by atoms with Crippen LogP contribution in [0.5, 0.6) is 0 Å². The fourth-order valence-corrected chi connectivity index (χ4v) is 3.39. The van der Waals surface area contributed by atoms with E-state index in [0.29, 0.717) is 24.5 Å². The van der Waals surface area contributed by atoms with E-state index in [1.54, 1.807) is 30.3 Å². The molecular weight excluding hydrogens is 396 g/mol. The van der Waals surface area contributed by atoms with Crippen molar-refractivity contribution >= 4 is 17.4 Å². The normalized spacial score (nSPS) is 10.8. The Morgan fingerprint density at radius 2 is 2.03 bits per heavy atom. The molecule has 164 valence electrons. The Hall–Kier alpha value is -3.55. The van der Waals surface area contributed by atoms with Crippen LogP contribution in [-0.2, 0) is 24.3 Å². The van der Waals surface area contributed by atoms with E-state index in [2.05, 4.69) is 17.2 Å². The molecule has 1 aromatic carbocycles. The van der Waals surface area contributed by atoms with Crippen LogP contribution in [0, 0.1) is 6.92 Å². The Balaban J connectivity index is 1.59. The quantitative estimate of drug-likeness (QED) is 0.549. The fraction of sp³-hybridized carbons (Fsp3) is 0.348. The molecule has 1 amide bonds. The van der Waals surface area contributed by atoms with Crippen molar-refractivity contribution in [1.29, 1.82) is 0 Å². The van der Waals surface area contributed by atoms with Crippen LogP contribution in [0.4, 0.5) is 11.5 Å². The predicted molar refractivity (Wildman–Crippen MR) is 120 cm³/mol. The largest absolute Gasteiger partial charge is 0.467 e. The van der Waals surface area contributed by atoms with Gasteiger partial charge in [-0.05, 0) is 55.2 Å². The van der Waals surface area contributed by atoms with E-state index in [9.17, 15) is 14.4 Å². The van der Waals surface area contributed by atoms with Gasteiger partial charge in [0, 0.05) is 31.8 Å². The molecule has 3 rings (SSSR count). The highest BCUT2D eigenvalue weighted by molar-refractivity contribution is 5.75. The van der Waals surface area contributed by atoms with Gasteiger partial charge in [0.05, 0.1) is 12.8 Å². The van der Waals surface area contributed by atoms with Crippen LogP contribution >= 0.6 is 0 Å². The maximum absolute atomic E-state index is 12.4. The Bertz CT molecular complexity index is 1110. The van der Waals surface area contributed by atoms with Gasteiger partial charge in [-0.3, -0.25) is 19.1 Å². The maximum atomic E-state index is 12.4. The highest BCUT2D eigenvalue weighted by atomic mass is 16.3. The maximum Gasteiger partial charge on any atom is 0.329 e. The topological polar surface area (TPSA) is 100 Å². The number of furan rings is 1. The molecule has 8 nitrogen and oxygen atoms in total. The Kier molecular flexibility index (Phi) is 7.12. The minimum absolute atomic E-state index is 0.0785. The van der Waals surface area contributed by atoms with E-state index in [0.717, 1.165) is 16.7 Å². The number of hydrogen-bond acceptors (Lipinski definition) is 5. The average molecular weight is 425 g/mol. The molecule has 0 aliphatic carbocycles. The van der Waals surface area contributed by atoms with Crippen molar-refractivity contribution in [2.75, 3.05) is 12.4 Å². The molecule has 31 heavy (non-hydrogen) atoms. The number of H-pyrrole nitrogens is 1. The molecule has 0 aliphatic rings. The van der Waals surface area contributed by atoms with Crippen molar-refractivity contribution in [3.05, 3.63) is 80.4 Å². The molecule has 0 spiro atoms. The number of aromatic amines is 1. The highest BCUT2D eigenvalue weighted by Gasteiger charge is 2.12. The number of carbonyl (C=O) groups excluding carboxylic acids is 1. The van der Waals surface area contributed by atoms with Crippen molar-refractivity contribution in [2.45, 2.75) is 46.2 Å². The number of carbonyl (C=O) groups is 1. The van der Waals surface area contributed by atoms with Crippen LogP contribution in [0.1, 0.15) is 36.7 Å². The number of nitrogens with zero attached hydrogens (tertiary/aromatic N) is 2. The minimum atomic E-state index is -0.505. The molecule has 2 N–H and O–H groups in total. The first-order valence-electron chi connectivity index (χ1n) is 10.3. The van der Waals surface area contributed by atoms with Gasteiger partial charge in [0.1, 0.15) is 11.6 Å². The van der Waals surface area contributed by atoms with E-state index < -0.39 is 11.2 Å². The SMILES string of the molecule is CCc1cc(Nc2cc(=O)n(CCCC(=O)N(C)Cc3ccco3)c(=O)[nH]2)ccc1C. The number of rotatable bonds is 9. The summed E-state index contributed by atoms with van der Waals surface area (Å²) >= 11 is 0. The summed E-state index contributed by atoms with van der Waals surface area (Å²) in [5.41, 5.74) is 2.28. The van der Waals surface area contributed by atoms with E-state index >= 15 is 0 Å². The lowest BCUT2D eigenvalue weighted by atomic mass is 10.1. The zero-order chi connectivity index (χ0) is 22.4. The third-order valence-corrected chi connectivity index (χ3v) is 5.20. The summed E-state index contributed by atoms with van der Waals surface area (Å²) in [6, 6.07) is 10.8. The van der Waals surface area contributed by atoms with Crippen LogP contribution in [-0.4, -0.2) is 27.4 Å². The molecule has 0 fully saturated rings. The molecule has 8 heteroatoms. The molecule has 0 aliphatic heterocycles. The molecular formula is C23H28N4O4. The first-order valence-corrected chi connectivity index (χ1v) is 10.3. The van der Waals surface area contributed by atoms with Crippen LogP contribution in [0.2, 0.25) is 0 Å². The van der Waals surface area contributed by atoms with Crippen LogP contribution in [0.25, 0.3) is 0 Å². The molecule has 2 heterocycles. The third-order valence-electron chi connectivity index (χ3n) is 5.20. The number of benzene rings is 1.